The van der Waals surface area contributed by atoms with Crippen LogP contribution in [0.3, 0.4) is 0 Å². The van der Waals surface area contributed by atoms with Crippen molar-refractivity contribution in [1.82, 2.24) is 35.1 Å². The molecule has 0 aliphatic carbocycles. The van der Waals surface area contributed by atoms with Crippen molar-refractivity contribution >= 4 is 45.1 Å². The summed E-state index contributed by atoms with van der Waals surface area (Å²) in [5, 5.41) is 12.1. The van der Waals surface area contributed by atoms with E-state index in [1.807, 2.05) is 37.4 Å². The molecule has 11 heteroatoms. The Morgan fingerprint density at radius 3 is 2.84 bits per heavy atom. The Labute approximate surface area is 214 Å². The Kier molecular flexibility index (Phi) is 5.68. The van der Waals surface area contributed by atoms with Crippen molar-refractivity contribution in [3.05, 3.63) is 60.3 Å². The van der Waals surface area contributed by atoms with Gasteiger partial charge >= 0.3 is 0 Å². The highest BCUT2D eigenvalue weighted by molar-refractivity contribution is 7.13. The van der Waals surface area contributed by atoms with Crippen LogP contribution in [0.2, 0.25) is 0 Å². The zero-order valence-corrected chi connectivity index (χ0v) is 20.7. The van der Waals surface area contributed by atoms with Gasteiger partial charge in [0.2, 0.25) is 5.91 Å². The second-order valence-corrected chi connectivity index (χ2v) is 9.96. The molecule has 9 nitrogen and oxygen atoms in total. The fourth-order valence-corrected chi connectivity index (χ4v) is 4.99. The minimum atomic E-state index is -0.520. The quantitative estimate of drug-likeness (QED) is 0.259. The summed E-state index contributed by atoms with van der Waals surface area (Å²) in [5.74, 6) is -0.0251. The number of rotatable bonds is 6. The molecular weight excluding hydrogens is 491 g/mol. The molecule has 0 aromatic carbocycles. The van der Waals surface area contributed by atoms with E-state index in [1.54, 1.807) is 23.6 Å². The van der Waals surface area contributed by atoms with Gasteiger partial charge in [0.05, 0.1) is 22.8 Å². The van der Waals surface area contributed by atoms with Crippen molar-refractivity contribution in [3.63, 3.8) is 0 Å². The first-order valence-corrected chi connectivity index (χ1v) is 12.5. The summed E-state index contributed by atoms with van der Waals surface area (Å²) < 4.78 is 16.0. The van der Waals surface area contributed by atoms with Crippen LogP contribution >= 0.6 is 11.3 Å². The first kappa shape index (κ1) is 22.9. The molecule has 0 saturated heterocycles. The van der Waals surface area contributed by atoms with E-state index in [2.05, 4.69) is 40.4 Å². The number of hydrogen-bond acceptors (Lipinski definition) is 7. The van der Waals surface area contributed by atoms with Crippen molar-refractivity contribution < 1.29 is 9.18 Å². The number of amides is 1. The highest BCUT2D eigenvalue weighted by Gasteiger charge is 2.21. The van der Waals surface area contributed by atoms with Gasteiger partial charge in [-0.3, -0.25) is 14.9 Å². The number of imidazole rings is 1. The SMILES string of the molecule is CC(C)CC(=O)Nc1cncc(-c2cnc3n[nH]c(-c4nc5nccc(-c6cccs6)c5[nH]4)c3c2F)c1. The lowest BCUT2D eigenvalue weighted by atomic mass is 10.1. The Hall–Kier alpha value is -4.51. The van der Waals surface area contributed by atoms with Crippen molar-refractivity contribution in [2.75, 3.05) is 5.32 Å². The molecule has 37 heavy (non-hydrogen) atoms. The maximum Gasteiger partial charge on any atom is 0.224 e. The largest absolute Gasteiger partial charge is 0.335 e. The predicted molar refractivity (Wildman–Crippen MR) is 141 cm³/mol. The van der Waals surface area contributed by atoms with Crippen LogP contribution in [0.4, 0.5) is 10.1 Å². The number of pyridine rings is 3. The maximum atomic E-state index is 16.0. The fraction of sp³-hybridized carbons (Fsp3) is 0.154. The number of fused-ring (bicyclic) bond motifs is 2. The van der Waals surface area contributed by atoms with Crippen molar-refractivity contribution in [2.24, 2.45) is 5.92 Å². The van der Waals surface area contributed by atoms with Crippen molar-refractivity contribution in [2.45, 2.75) is 20.3 Å². The number of halogens is 1. The number of aromatic amines is 2. The highest BCUT2D eigenvalue weighted by atomic mass is 32.1. The van der Waals surface area contributed by atoms with Crippen LogP contribution in [0.1, 0.15) is 20.3 Å². The third-order valence-corrected chi connectivity index (χ3v) is 6.76. The monoisotopic (exact) mass is 512 g/mol. The Morgan fingerprint density at radius 1 is 1.14 bits per heavy atom. The Bertz CT molecular complexity index is 1760. The highest BCUT2D eigenvalue weighted by Crippen LogP contribution is 2.35. The Balaban J connectivity index is 1.42. The number of H-pyrrole nitrogens is 2. The molecule has 184 valence electrons. The molecule has 6 rings (SSSR count). The van der Waals surface area contributed by atoms with Crippen LogP contribution in [0.25, 0.3) is 55.3 Å². The topological polar surface area (TPSA) is 125 Å². The number of nitrogens with zero attached hydrogens (tertiary/aromatic N) is 5. The van der Waals surface area contributed by atoms with Gasteiger partial charge in [-0.1, -0.05) is 19.9 Å². The van der Waals surface area contributed by atoms with Gasteiger partial charge in [-0.25, -0.2) is 19.3 Å². The summed E-state index contributed by atoms with van der Waals surface area (Å²) in [5.41, 5.74) is 4.01. The molecule has 1 amide bonds. The van der Waals surface area contributed by atoms with Gasteiger partial charge in [0.25, 0.3) is 0 Å². The van der Waals surface area contributed by atoms with Crippen LogP contribution in [-0.2, 0) is 4.79 Å². The molecule has 0 bridgehead atoms. The third kappa shape index (κ3) is 4.23. The first-order valence-electron chi connectivity index (χ1n) is 11.6. The average molecular weight is 513 g/mol. The van der Waals surface area contributed by atoms with Crippen LogP contribution in [0.15, 0.2) is 54.4 Å². The summed E-state index contributed by atoms with van der Waals surface area (Å²) in [6, 6.07) is 7.60. The second-order valence-electron chi connectivity index (χ2n) is 9.01. The molecule has 0 spiro atoms. The zero-order valence-electron chi connectivity index (χ0n) is 19.9. The lowest BCUT2D eigenvalue weighted by molar-refractivity contribution is -0.116. The van der Waals surface area contributed by atoms with E-state index < -0.39 is 5.82 Å². The molecule has 3 N–H and O–H groups in total. The fourth-order valence-electron chi connectivity index (χ4n) is 4.23. The van der Waals surface area contributed by atoms with E-state index in [-0.39, 0.29) is 28.4 Å². The van der Waals surface area contributed by atoms with Gasteiger partial charge in [0, 0.05) is 46.6 Å². The molecule has 0 saturated carbocycles. The second kappa shape index (κ2) is 9.17. The van der Waals surface area contributed by atoms with Crippen LogP contribution in [0, 0.1) is 11.7 Å². The molecule has 6 heterocycles. The van der Waals surface area contributed by atoms with Crippen molar-refractivity contribution in [1.29, 1.82) is 0 Å². The number of hydrogen-bond donors (Lipinski definition) is 3. The van der Waals surface area contributed by atoms with Gasteiger partial charge in [-0.15, -0.1) is 11.3 Å². The summed E-state index contributed by atoms with van der Waals surface area (Å²) in [6.07, 6.45) is 6.55. The number of carbonyl (C=O) groups is 1. The lowest BCUT2D eigenvalue weighted by Gasteiger charge is -2.09. The molecule has 6 aromatic rings. The van der Waals surface area contributed by atoms with E-state index in [0.29, 0.717) is 34.8 Å². The smallest absolute Gasteiger partial charge is 0.224 e. The molecule has 0 aliphatic rings. The van der Waals surface area contributed by atoms with Gasteiger partial charge in [-0.05, 0) is 29.5 Å². The summed E-state index contributed by atoms with van der Waals surface area (Å²) >= 11 is 1.61. The molecular formula is C26H21FN8OS. The van der Waals surface area contributed by atoms with Gasteiger partial charge in [-0.2, -0.15) is 5.10 Å². The first-order chi connectivity index (χ1) is 18.0. The van der Waals surface area contributed by atoms with Crippen molar-refractivity contribution in [3.8, 4) is 33.1 Å². The molecule has 6 aromatic heterocycles. The normalized spacial score (nSPS) is 11.6. The summed E-state index contributed by atoms with van der Waals surface area (Å²) in [7, 11) is 0. The minimum Gasteiger partial charge on any atom is -0.335 e. The lowest BCUT2D eigenvalue weighted by Crippen LogP contribution is -2.14. The predicted octanol–water partition coefficient (Wildman–Crippen LogP) is 5.81. The third-order valence-electron chi connectivity index (χ3n) is 5.86. The standard InChI is InChI=1S/C26H21FN8OS/c1-13(2)8-19(36)31-15-9-14(10-28-11-15)17-12-30-24-20(21(17)27)23(34-35-24)26-32-22-16(18-4-3-7-37-18)5-6-29-25(22)33-26/h3-7,9-13H,8H2,1-2H3,(H,31,36)(H,29,32,33)(H,30,34,35). The van der Waals surface area contributed by atoms with Gasteiger partial charge in [0.1, 0.15) is 11.5 Å². The number of aromatic nitrogens is 7. The molecule has 0 radical (unpaired) electrons. The minimum absolute atomic E-state index is 0.125. The summed E-state index contributed by atoms with van der Waals surface area (Å²) in [6.45, 7) is 3.93. The average Bonchev–Trinajstić information content (AvgIpc) is 3.62. The number of nitrogens with one attached hydrogen (secondary N) is 3. The molecule has 0 fully saturated rings. The van der Waals surface area contributed by atoms with E-state index in [4.69, 9.17) is 0 Å². The van der Waals surface area contributed by atoms with Crippen LogP contribution < -0.4 is 5.32 Å². The van der Waals surface area contributed by atoms with E-state index >= 15 is 4.39 Å². The number of thiophene rings is 1. The summed E-state index contributed by atoms with van der Waals surface area (Å²) in [4.78, 5) is 34.1. The molecule has 0 atom stereocenters. The zero-order chi connectivity index (χ0) is 25.5. The molecule has 0 aliphatic heterocycles. The maximum absolute atomic E-state index is 16.0. The number of anilines is 1. The van der Waals surface area contributed by atoms with E-state index in [1.165, 1.54) is 18.6 Å². The van der Waals surface area contributed by atoms with Gasteiger partial charge < -0.3 is 10.3 Å². The van der Waals surface area contributed by atoms with E-state index in [0.717, 1.165) is 16.0 Å². The van der Waals surface area contributed by atoms with E-state index in [9.17, 15) is 4.79 Å². The van der Waals surface area contributed by atoms with Crippen LogP contribution in [0.5, 0.6) is 0 Å². The van der Waals surface area contributed by atoms with Crippen LogP contribution in [-0.4, -0.2) is 41.0 Å². The van der Waals surface area contributed by atoms with Gasteiger partial charge in [0.15, 0.2) is 17.1 Å². The molecule has 0 unspecified atom stereocenters. The number of carbonyl (C=O) groups excluding carboxylic acids is 1. The Morgan fingerprint density at radius 2 is 2.03 bits per heavy atom.